The number of carbonyl (C=O) groups is 3. The molecule has 1 heterocycles. The molecule has 3 N–H and O–H groups in total. The molecule has 6 heteroatoms. The van der Waals surface area contributed by atoms with E-state index < -0.39 is 42.2 Å². The average molecular weight is 229 g/mol. The highest BCUT2D eigenvalue weighted by molar-refractivity contribution is 5.98. The van der Waals surface area contributed by atoms with E-state index in [2.05, 4.69) is 5.32 Å². The Hall–Kier alpha value is -1.43. The molecule has 1 fully saturated rings. The number of ketones is 1. The molecule has 16 heavy (non-hydrogen) atoms. The number of carbonyl (C=O) groups excluding carboxylic acids is 2. The van der Waals surface area contributed by atoms with Gasteiger partial charge in [0, 0.05) is 5.92 Å². The van der Waals surface area contributed by atoms with Gasteiger partial charge in [-0.05, 0) is 6.92 Å². The largest absolute Gasteiger partial charge is 0.481 e. The van der Waals surface area contributed by atoms with Gasteiger partial charge in [0.2, 0.25) is 5.91 Å². The standard InChI is InChI=1S/C10H15NO5/c1-4(6(13)3-7(14)15)9-8(5(2)12)10(16)11-9/h4-5,8-9,12H,3H2,1-2H3,(H,11,16)(H,14,15)/t4-,5+,8+,9+/m0/s1. The Balaban J connectivity index is 2.61. The van der Waals surface area contributed by atoms with E-state index in [4.69, 9.17) is 5.11 Å². The van der Waals surface area contributed by atoms with Crippen molar-refractivity contribution in [1.29, 1.82) is 0 Å². The summed E-state index contributed by atoms with van der Waals surface area (Å²) in [4.78, 5) is 32.9. The molecule has 0 bridgehead atoms. The van der Waals surface area contributed by atoms with Crippen LogP contribution < -0.4 is 5.32 Å². The fourth-order valence-electron chi connectivity index (χ4n) is 1.88. The quantitative estimate of drug-likeness (QED) is 0.421. The summed E-state index contributed by atoms with van der Waals surface area (Å²) in [6, 6.07) is -0.459. The molecule has 1 aliphatic heterocycles. The van der Waals surface area contributed by atoms with Crippen LogP contribution in [-0.4, -0.2) is 40.0 Å². The van der Waals surface area contributed by atoms with Crippen LogP contribution in [0.5, 0.6) is 0 Å². The SMILES string of the molecule is C[C@@H](O)[C@H]1C(=O)N[C@@H]1[C@@H](C)C(=O)CC(=O)O. The van der Waals surface area contributed by atoms with Crippen LogP contribution in [0.25, 0.3) is 0 Å². The summed E-state index contributed by atoms with van der Waals surface area (Å²) >= 11 is 0. The molecule has 0 unspecified atom stereocenters. The fraction of sp³-hybridized carbons (Fsp3) is 0.700. The number of Topliss-reactive ketones (excluding diaryl/α,β-unsaturated/α-hetero) is 1. The van der Waals surface area contributed by atoms with Crippen molar-refractivity contribution in [2.75, 3.05) is 0 Å². The number of nitrogens with one attached hydrogen (secondary N) is 1. The number of rotatable bonds is 5. The number of β-lactam (4-membered cyclic amide) rings is 1. The summed E-state index contributed by atoms with van der Waals surface area (Å²) in [5.41, 5.74) is 0. The molecule has 0 saturated carbocycles. The number of aliphatic hydroxyl groups is 1. The van der Waals surface area contributed by atoms with Crippen LogP contribution in [0.3, 0.4) is 0 Å². The molecular weight excluding hydrogens is 214 g/mol. The molecule has 6 nitrogen and oxygen atoms in total. The number of aliphatic hydroxyl groups excluding tert-OH is 1. The van der Waals surface area contributed by atoms with Gasteiger partial charge in [-0.25, -0.2) is 0 Å². The molecule has 0 aromatic carbocycles. The van der Waals surface area contributed by atoms with E-state index >= 15 is 0 Å². The highest BCUT2D eigenvalue weighted by Gasteiger charge is 2.46. The molecule has 4 atom stereocenters. The first-order valence-corrected chi connectivity index (χ1v) is 5.07. The Morgan fingerprint density at radius 1 is 1.44 bits per heavy atom. The number of hydrogen-bond acceptors (Lipinski definition) is 4. The lowest BCUT2D eigenvalue weighted by atomic mass is 9.77. The topological polar surface area (TPSA) is 104 Å². The Morgan fingerprint density at radius 2 is 2.00 bits per heavy atom. The predicted octanol–water partition coefficient (Wildman–Crippen LogP) is -0.838. The second-order valence-electron chi connectivity index (χ2n) is 4.13. The fourth-order valence-corrected chi connectivity index (χ4v) is 1.88. The third-order valence-corrected chi connectivity index (χ3v) is 2.89. The molecule has 1 saturated heterocycles. The van der Waals surface area contributed by atoms with Crippen molar-refractivity contribution in [2.24, 2.45) is 11.8 Å². The zero-order chi connectivity index (χ0) is 12.5. The lowest BCUT2D eigenvalue weighted by molar-refractivity contribution is -0.146. The van der Waals surface area contributed by atoms with Crippen molar-refractivity contribution in [3.8, 4) is 0 Å². The first-order chi connectivity index (χ1) is 7.34. The highest BCUT2D eigenvalue weighted by atomic mass is 16.4. The second-order valence-corrected chi connectivity index (χ2v) is 4.13. The minimum atomic E-state index is -1.18. The summed E-state index contributed by atoms with van der Waals surface area (Å²) in [6.45, 7) is 3.04. The predicted molar refractivity (Wildman–Crippen MR) is 53.5 cm³/mol. The van der Waals surface area contributed by atoms with Crippen LogP contribution in [-0.2, 0) is 14.4 Å². The number of carboxylic acids is 1. The van der Waals surface area contributed by atoms with E-state index in [1.165, 1.54) is 6.92 Å². The van der Waals surface area contributed by atoms with Crippen LogP contribution in [0.2, 0.25) is 0 Å². The lowest BCUT2D eigenvalue weighted by Gasteiger charge is -2.41. The maximum atomic E-state index is 11.4. The minimum Gasteiger partial charge on any atom is -0.481 e. The van der Waals surface area contributed by atoms with Gasteiger partial charge in [0.1, 0.15) is 12.2 Å². The normalized spacial score (nSPS) is 27.6. The van der Waals surface area contributed by atoms with Crippen molar-refractivity contribution in [3.05, 3.63) is 0 Å². The summed E-state index contributed by atoms with van der Waals surface area (Å²) < 4.78 is 0. The van der Waals surface area contributed by atoms with Crippen molar-refractivity contribution in [2.45, 2.75) is 32.4 Å². The van der Waals surface area contributed by atoms with Gasteiger partial charge < -0.3 is 15.5 Å². The van der Waals surface area contributed by atoms with Crippen molar-refractivity contribution in [1.82, 2.24) is 5.32 Å². The van der Waals surface area contributed by atoms with E-state index in [1.54, 1.807) is 6.92 Å². The number of carboxylic acid groups (broad SMARTS) is 1. The molecule has 0 aromatic heterocycles. The second kappa shape index (κ2) is 4.61. The molecule has 90 valence electrons. The summed E-state index contributed by atoms with van der Waals surface area (Å²) in [7, 11) is 0. The van der Waals surface area contributed by atoms with Crippen molar-refractivity contribution < 1.29 is 24.6 Å². The van der Waals surface area contributed by atoms with E-state index in [1.807, 2.05) is 0 Å². The first kappa shape index (κ1) is 12.6. The lowest BCUT2D eigenvalue weighted by Crippen LogP contribution is -2.65. The average Bonchev–Trinajstić information content (AvgIpc) is 2.10. The van der Waals surface area contributed by atoms with Crippen LogP contribution in [0.1, 0.15) is 20.3 Å². The molecule has 1 amide bonds. The van der Waals surface area contributed by atoms with Crippen molar-refractivity contribution >= 4 is 17.7 Å². The third-order valence-electron chi connectivity index (χ3n) is 2.89. The van der Waals surface area contributed by atoms with Gasteiger partial charge in [0.15, 0.2) is 0 Å². The number of aliphatic carboxylic acids is 1. The number of amides is 1. The van der Waals surface area contributed by atoms with E-state index in [9.17, 15) is 19.5 Å². The minimum absolute atomic E-state index is 0.296. The van der Waals surface area contributed by atoms with Gasteiger partial charge in [0.05, 0.1) is 18.1 Å². The zero-order valence-corrected chi connectivity index (χ0v) is 9.14. The number of hydrogen-bond donors (Lipinski definition) is 3. The Kier molecular flexibility index (Phi) is 3.64. The summed E-state index contributed by atoms with van der Waals surface area (Å²) in [5, 5.41) is 20.3. The molecule has 0 spiro atoms. The third kappa shape index (κ3) is 2.38. The van der Waals surface area contributed by atoms with Gasteiger partial charge in [0.25, 0.3) is 0 Å². The first-order valence-electron chi connectivity index (χ1n) is 5.07. The van der Waals surface area contributed by atoms with Crippen LogP contribution in [0.4, 0.5) is 0 Å². The smallest absolute Gasteiger partial charge is 0.310 e. The molecule has 0 radical (unpaired) electrons. The van der Waals surface area contributed by atoms with Crippen LogP contribution >= 0.6 is 0 Å². The monoisotopic (exact) mass is 229 g/mol. The van der Waals surface area contributed by atoms with E-state index in [0.29, 0.717) is 0 Å². The molecule has 1 aliphatic rings. The zero-order valence-electron chi connectivity index (χ0n) is 9.14. The summed E-state index contributed by atoms with van der Waals surface area (Å²) in [6.07, 6.45) is -1.39. The molecule has 1 rings (SSSR count). The maximum absolute atomic E-state index is 11.4. The van der Waals surface area contributed by atoms with Gasteiger partial charge in [-0.15, -0.1) is 0 Å². The molecule has 0 aromatic rings. The summed E-state index contributed by atoms with van der Waals surface area (Å²) in [5.74, 6) is -3.13. The Morgan fingerprint density at radius 3 is 2.38 bits per heavy atom. The highest BCUT2D eigenvalue weighted by Crippen LogP contribution is 2.26. The van der Waals surface area contributed by atoms with E-state index in [-0.39, 0.29) is 5.91 Å². The van der Waals surface area contributed by atoms with Crippen LogP contribution in [0.15, 0.2) is 0 Å². The van der Waals surface area contributed by atoms with E-state index in [0.717, 1.165) is 0 Å². The van der Waals surface area contributed by atoms with Gasteiger partial charge >= 0.3 is 5.97 Å². The maximum Gasteiger partial charge on any atom is 0.310 e. The van der Waals surface area contributed by atoms with Gasteiger partial charge in [-0.1, -0.05) is 6.92 Å². The van der Waals surface area contributed by atoms with Gasteiger partial charge in [-0.2, -0.15) is 0 Å². The van der Waals surface area contributed by atoms with Crippen molar-refractivity contribution in [3.63, 3.8) is 0 Å². The van der Waals surface area contributed by atoms with Gasteiger partial charge in [-0.3, -0.25) is 14.4 Å². The van der Waals surface area contributed by atoms with Crippen LogP contribution in [0, 0.1) is 11.8 Å². The Bertz CT molecular complexity index is 325. The molecular formula is C10H15NO5. The molecule has 0 aliphatic carbocycles. The Labute approximate surface area is 92.6 Å².